The molecule has 51 heavy (non-hydrogen) atoms. The highest BCUT2D eigenvalue weighted by Crippen LogP contribution is 2.45. The van der Waals surface area contributed by atoms with Crippen molar-refractivity contribution < 1.29 is 0 Å². The molecule has 10 aromatic rings. The number of nitrogens with zero attached hydrogens (tertiary/aromatic N) is 1. The minimum absolute atomic E-state index is 0.00908. The Labute approximate surface area is 295 Å². The summed E-state index contributed by atoms with van der Waals surface area (Å²) < 4.78 is 1.84. The highest BCUT2D eigenvalue weighted by Gasteiger charge is 2.18. The smallest absolute Gasteiger partial charge is 0.263 e. The summed E-state index contributed by atoms with van der Waals surface area (Å²) in [6.45, 7) is 0. The molecule has 0 fully saturated rings. The van der Waals surface area contributed by atoms with E-state index in [-0.39, 0.29) is 5.56 Å². The van der Waals surface area contributed by atoms with Crippen LogP contribution in [0.5, 0.6) is 0 Å². The fraction of sp³-hybridized carbons (Fsp3) is 0. The fourth-order valence-electron chi connectivity index (χ4n) is 8.07. The zero-order valence-corrected chi connectivity index (χ0v) is 27.8. The molecule has 0 aliphatic heterocycles. The molecular weight excluding hydrogens is 619 g/mol. The van der Waals surface area contributed by atoms with Crippen LogP contribution in [0.2, 0.25) is 0 Å². The maximum absolute atomic E-state index is 13.9. The Balaban J connectivity index is 1.28. The van der Waals surface area contributed by atoms with Crippen LogP contribution in [0, 0.1) is 0 Å². The normalized spacial score (nSPS) is 11.6. The largest absolute Gasteiger partial charge is 0.276 e. The number of aromatic nitrogens is 1. The average molecular weight is 650 g/mol. The van der Waals surface area contributed by atoms with Gasteiger partial charge in [0.25, 0.3) is 5.56 Å². The lowest BCUT2D eigenvalue weighted by Crippen LogP contribution is -2.19. The molecule has 0 unspecified atom stereocenters. The van der Waals surface area contributed by atoms with Gasteiger partial charge in [0.1, 0.15) is 0 Å². The molecule has 0 aliphatic carbocycles. The number of hydrogen-bond acceptors (Lipinski definition) is 1. The van der Waals surface area contributed by atoms with Crippen molar-refractivity contribution in [2.75, 3.05) is 0 Å². The van der Waals surface area contributed by atoms with Crippen LogP contribution < -0.4 is 5.56 Å². The van der Waals surface area contributed by atoms with E-state index in [4.69, 9.17) is 0 Å². The van der Waals surface area contributed by atoms with Gasteiger partial charge in [-0.2, -0.15) is 0 Å². The van der Waals surface area contributed by atoms with Gasteiger partial charge in [-0.15, -0.1) is 0 Å². The van der Waals surface area contributed by atoms with Gasteiger partial charge in [0.2, 0.25) is 0 Å². The number of rotatable bonds is 4. The summed E-state index contributed by atoms with van der Waals surface area (Å²) in [6.07, 6.45) is 0. The Hall–Kier alpha value is -6.77. The van der Waals surface area contributed by atoms with E-state index in [0.29, 0.717) is 5.39 Å². The van der Waals surface area contributed by atoms with Crippen LogP contribution in [0.4, 0.5) is 0 Å². The van der Waals surface area contributed by atoms with E-state index in [1.807, 2.05) is 53.1 Å². The summed E-state index contributed by atoms with van der Waals surface area (Å²) >= 11 is 0. The Morgan fingerprint density at radius 2 is 0.765 bits per heavy atom. The monoisotopic (exact) mass is 649 g/mol. The summed E-state index contributed by atoms with van der Waals surface area (Å²) in [5.41, 5.74) is 8.86. The number of fused-ring (bicyclic) bond motifs is 9. The van der Waals surface area contributed by atoms with Crippen molar-refractivity contribution in [1.29, 1.82) is 0 Å². The van der Waals surface area contributed by atoms with E-state index in [9.17, 15) is 4.79 Å². The third kappa shape index (κ3) is 4.61. The first-order valence-corrected chi connectivity index (χ1v) is 17.4. The lowest BCUT2D eigenvalue weighted by Gasteiger charge is -2.19. The predicted octanol–water partition coefficient (Wildman–Crippen LogP) is 12.6. The molecule has 0 atom stereocenters. The van der Waals surface area contributed by atoms with Crippen LogP contribution in [0.3, 0.4) is 0 Å². The van der Waals surface area contributed by atoms with Gasteiger partial charge in [0.15, 0.2) is 0 Å². The molecule has 0 saturated heterocycles. The van der Waals surface area contributed by atoms with Gasteiger partial charge in [0.05, 0.1) is 5.52 Å². The van der Waals surface area contributed by atoms with Crippen molar-refractivity contribution in [2.45, 2.75) is 0 Å². The van der Waals surface area contributed by atoms with Crippen molar-refractivity contribution in [3.63, 3.8) is 0 Å². The van der Waals surface area contributed by atoms with Crippen LogP contribution in [0.15, 0.2) is 193 Å². The SMILES string of the molecule is O=c1c2ccccc2c2cc(-c3ccc4c(c3)c3ccccc3c3c(-c5ccccc5)ccc(-c5ccccc5)c43)ccc2n1-c1ccccc1. The average Bonchev–Trinajstić information content (AvgIpc) is 3.21. The molecule has 1 heterocycles. The number of pyridine rings is 1. The summed E-state index contributed by atoms with van der Waals surface area (Å²) in [6, 6.07) is 66.2. The third-order valence-corrected chi connectivity index (χ3v) is 10.4. The Morgan fingerprint density at radius 1 is 0.314 bits per heavy atom. The maximum Gasteiger partial charge on any atom is 0.263 e. The van der Waals surface area contributed by atoms with Gasteiger partial charge >= 0.3 is 0 Å². The quantitative estimate of drug-likeness (QED) is 0.174. The molecule has 0 saturated carbocycles. The van der Waals surface area contributed by atoms with Gasteiger partial charge in [-0.1, -0.05) is 152 Å². The molecule has 0 N–H and O–H groups in total. The number of para-hydroxylation sites is 1. The third-order valence-electron chi connectivity index (χ3n) is 10.4. The van der Waals surface area contributed by atoms with Crippen molar-refractivity contribution >= 4 is 54.0 Å². The topological polar surface area (TPSA) is 22.0 Å². The molecule has 2 heteroatoms. The van der Waals surface area contributed by atoms with Crippen molar-refractivity contribution in [2.24, 2.45) is 0 Å². The fourth-order valence-corrected chi connectivity index (χ4v) is 8.07. The molecule has 0 spiro atoms. The second-order valence-corrected chi connectivity index (χ2v) is 13.2. The second-order valence-electron chi connectivity index (χ2n) is 13.2. The molecule has 10 rings (SSSR count). The van der Waals surface area contributed by atoms with Gasteiger partial charge < -0.3 is 0 Å². The van der Waals surface area contributed by atoms with Crippen LogP contribution in [0.1, 0.15) is 0 Å². The zero-order chi connectivity index (χ0) is 33.9. The molecular formula is C49H31NO. The molecule has 1 aromatic heterocycles. The number of hydrogen-bond donors (Lipinski definition) is 0. The Kier molecular flexibility index (Phi) is 6.68. The molecule has 0 bridgehead atoms. The Bertz CT molecular complexity index is 3020. The minimum atomic E-state index is -0.00908. The number of benzene rings is 9. The molecule has 0 aliphatic rings. The summed E-state index contributed by atoms with van der Waals surface area (Å²) in [5, 5.41) is 10.2. The zero-order valence-electron chi connectivity index (χ0n) is 27.8. The van der Waals surface area contributed by atoms with Gasteiger partial charge in [0, 0.05) is 16.5 Å². The molecule has 9 aromatic carbocycles. The van der Waals surface area contributed by atoms with Crippen molar-refractivity contribution in [1.82, 2.24) is 4.57 Å². The predicted molar refractivity (Wildman–Crippen MR) is 216 cm³/mol. The highest BCUT2D eigenvalue weighted by molar-refractivity contribution is 6.31. The van der Waals surface area contributed by atoms with E-state index in [2.05, 4.69) is 140 Å². The van der Waals surface area contributed by atoms with Crippen LogP contribution in [-0.4, -0.2) is 4.57 Å². The van der Waals surface area contributed by atoms with Crippen molar-refractivity contribution in [3.05, 3.63) is 198 Å². The van der Waals surface area contributed by atoms with Crippen LogP contribution in [-0.2, 0) is 0 Å². The highest BCUT2D eigenvalue weighted by atomic mass is 16.1. The summed E-state index contributed by atoms with van der Waals surface area (Å²) in [5.74, 6) is 0. The Morgan fingerprint density at radius 3 is 1.37 bits per heavy atom. The molecule has 0 radical (unpaired) electrons. The standard InChI is InChI=1S/C49H31NO/c51-49-43-23-13-11-21-40(43)45-31-35(25-29-46(45)50(49)36-18-8-3-9-19-36)34-24-26-42-44(30-34)39-20-10-12-22-41(39)47-37(32-14-4-1-5-15-32)27-28-38(48(42)47)33-16-6-2-7-17-33/h1-31H. The summed E-state index contributed by atoms with van der Waals surface area (Å²) in [4.78, 5) is 13.9. The lowest BCUT2D eigenvalue weighted by molar-refractivity contribution is 1.06. The first kappa shape index (κ1) is 29.2. The second kappa shape index (κ2) is 11.7. The molecule has 238 valence electrons. The lowest BCUT2D eigenvalue weighted by atomic mass is 9.84. The van der Waals surface area contributed by atoms with E-state index in [1.54, 1.807) is 0 Å². The van der Waals surface area contributed by atoms with E-state index >= 15 is 0 Å². The van der Waals surface area contributed by atoms with E-state index in [1.165, 1.54) is 54.6 Å². The van der Waals surface area contributed by atoms with Crippen LogP contribution >= 0.6 is 0 Å². The van der Waals surface area contributed by atoms with Crippen molar-refractivity contribution in [3.8, 4) is 39.1 Å². The maximum atomic E-state index is 13.9. The summed E-state index contributed by atoms with van der Waals surface area (Å²) in [7, 11) is 0. The molecule has 0 amide bonds. The van der Waals surface area contributed by atoms with E-state index < -0.39 is 0 Å². The molecule has 2 nitrogen and oxygen atoms in total. The minimum Gasteiger partial charge on any atom is -0.276 e. The van der Waals surface area contributed by atoms with Crippen LogP contribution in [0.25, 0.3) is 93.1 Å². The van der Waals surface area contributed by atoms with Gasteiger partial charge in [-0.25, -0.2) is 0 Å². The van der Waals surface area contributed by atoms with E-state index in [0.717, 1.165) is 33.1 Å². The van der Waals surface area contributed by atoms with Gasteiger partial charge in [-0.3, -0.25) is 9.36 Å². The first-order chi connectivity index (χ1) is 25.2. The van der Waals surface area contributed by atoms with Gasteiger partial charge in [-0.05, 0) is 107 Å². The first-order valence-electron chi connectivity index (χ1n) is 17.4.